The minimum absolute atomic E-state index is 0.0678. The average molecular weight is 943 g/mol. The number of benzene rings is 5. The summed E-state index contributed by atoms with van der Waals surface area (Å²) in [4.78, 5) is 15.0. The number of unbranched alkanes of at least 4 members (excludes halogenated alkanes) is 5. The second kappa shape index (κ2) is 21.3. The summed E-state index contributed by atoms with van der Waals surface area (Å²) in [5.74, 6) is 0.831. The molecule has 0 saturated heterocycles. The summed E-state index contributed by atoms with van der Waals surface area (Å²) in [7, 11) is -4.01. The van der Waals surface area contributed by atoms with Crippen molar-refractivity contribution in [2.75, 3.05) is 23.7 Å². The van der Waals surface area contributed by atoms with E-state index in [4.69, 9.17) is 0 Å². The molecule has 8 rings (SSSR count). The summed E-state index contributed by atoms with van der Waals surface area (Å²) >= 11 is 0. The molecule has 1 aromatic heterocycles. The van der Waals surface area contributed by atoms with Gasteiger partial charge in [-0.05, 0) is 97.3 Å². The minimum atomic E-state index is -4.01. The van der Waals surface area contributed by atoms with Crippen molar-refractivity contribution in [1.82, 2.24) is 25.7 Å². The van der Waals surface area contributed by atoms with E-state index in [2.05, 4.69) is 178 Å². The highest BCUT2D eigenvalue weighted by atomic mass is 32.2. The molecular formula is C57H64N7O4S+. The molecule has 3 heterocycles. The van der Waals surface area contributed by atoms with Gasteiger partial charge in [0.2, 0.25) is 17.4 Å². The van der Waals surface area contributed by atoms with Crippen LogP contribution in [0.15, 0.2) is 145 Å². The Bertz CT molecular complexity index is 3100. The predicted molar refractivity (Wildman–Crippen MR) is 280 cm³/mol. The number of hydrogen-bond donors (Lipinski definition) is 2. The Hall–Kier alpha value is -6.63. The van der Waals surface area contributed by atoms with E-state index in [0.29, 0.717) is 44.0 Å². The number of aromatic nitrogens is 4. The maximum Gasteiger partial charge on any atom is 0.264 e. The first-order chi connectivity index (χ1) is 33.2. The van der Waals surface area contributed by atoms with Gasteiger partial charge >= 0.3 is 0 Å². The molecule has 0 radical (unpaired) electrons. The van der Waals surface area contributed by atoms with E-state index in [0.717, 1.165) is 61.2 Å². The third-order valence-electron chi connectivity index (χ3n) is 13.6. The molecule has 0 fully saturated rings. The zero-order valence-corrected chi connectivity index (χ0v) is 41.3. The molecule has 5 aromatic carbocycles. The molecule has 69 heavy (non-hydrogen) atoms. The average Bonchev–Trinajstić information content (AvgIpc) is 3.69. The van der Waals surface area contributed by atoms with Crippen molar-refractivity contribution >= 4 is 54.7 Å². The summed E-state index contributed by atoms with van der Waals surface area (Å²) in [6.07, 6.45) is 21.5. The Morgan fingerprint density at radius 1 is 0.696 bits per heavy atom. The molecule has 6 aromatic rings. The maximum atomic E-state index is 12.7. The lowest BCUT2D eigenvalue weighted by atomic mass is 9.79. The number of carbonyl (C=O) groups is 1. The summed E-state index contributed by atoms with van der Waals surface area (Å²) in [6.45, 7) is 13.0. The van der Waals surface area contributed by atoms with Crippen LogP contribution in [0.2, 0.25) is 0 Å². The van der Waals surface area contributed by atoms with Gasteiger partial charge in [0.05, 0.1) is 11.2 Å². The Labute approximate surface area is 407 Å². The zero-order chi connectivity index (χ0) is 48.6. The minimum Gasteiger partial charge on any atom is -0.352 e. The molecule has 2 aliphatic rings. The van der Waals surface area contributed by atoms with Crippen molar-refractivity contribution < 1.29 is 22.3 Å². The quantitative estimate of drug-likeness (QED) is 0.0331. The van der Waals surface area contributed by atoms with Crippen molar-refractivity contribution in [3.63, 3.8) is 0 Å². The van der Waals surface area contributed by atoms with E-state index in [1.165, 1.54) is 44.1 Å². The van der Waals surface area contributed by atoms with Gasteiger partial charge in [-0.3, -0.25) is 9.35 Å². The van der Waals surface area contributed by atoms with Gasteiger partial charge in [0, 0.05) is 66.0 Å². The Balaban J connectivity index is 0.891. The number of amides is 1. The van der Waals surface area contributed by atoms with Gasteiger partial charge in [-0.1, -0.05) is 136 Å². The standard InChI is InChI=1S/C57H63N7O4S/c1-41-59-61-55(62-60-41)45-31-29-42(30-32-45)40-58-52(65)28-14-10-7-11-19-37-63-48-35-33-43-22-15-17-24-46(43)53(48)56(2,3)50(63)26-12-8-6-9-13-27-51-57(4,5)54-47-25-18-16-23-44(47)34-36-49(54)64(51)38-20-21-39-69(66,67)68/h6,8-9,12-13,15-18,22-27,29-36H,7,10-11,14,19-21,28,37-40H2,1-5H3,(H-,58,65,66,67,68)/p+1. The monoisotopic (exact) mass is 942 g/mol. The van der Waals surface area contributed by atoms with E-state index in [9.17, 15) is 17.8 Å². The van der Waals surface area contributed by atoms with Crippen LogP contribution in [0.4, 0.5) is 11.4 Å². The largest absolute Gasteiger partial charge is 0.352 e. The zero-order valence-electron chi connectivity index (χ0n) is 40.5. The van der Waals surface area contributed by atoms with Gasteiger partial charge < -0.3 is 10.2 Å². The second-order valence-electron chi connectivity index (χ2n) is 19.2. The van der Waals surface area contributed by atoms with E-state index < -0.39 is 10.1 Å². The van der Waals surface area contributed by atoms with Crippen molar-refractivity contribution in [3.8, 4) is 11.4 Å². The Morgan fingerprint density at radius 3 is 2.06 bits per heavy atom. The van der Waals surface area contributed by atoms with Crippen LogP contribution in [-0.4, -0.2) is 68.4 Å². The predicted octanol–water partition coefficient (Wildman–Crippen LogP) is 11.6. The molecule has 0 aliphatic carbocycles. The number of aryl methyl sites for hydroxylation is 1. The number of rotatable bonds is 20. The molecule has 0 unspecified atom stereocenters. The Morgan fingerprint density at radius 2 is 1.33 bits per heavy atom. The van der Waals surface area contributed by atoms with Gasteiger partial charge in [-0.15, -0.1) is 20.4 Å². The van der Waals surface area contributed by atoms with Gasteiger partial charge in [0.1, 0.15) is 6.54 Å². The summed E-state index contributed by atoms with van der Waals surface area (Å²) in [5.41, 5.74) is 8.81. The molecule has 0 bridgehead atoms. The summed E-state index contributed by atoms with van der Waals surface area (Å²) < 4.78 is 34.8. The number of nitrogens with zero attached hydrogens (tertiary/aromatic N) is 6. The van der Waals surface area contributed by atoms with Crippen LogP contribution in [0.3, 0.4) is 0 Å². The fourth-order valence-corrected chi connectivity index (χ4v) is 10.7. The van der Waals surface area contributed by atoms with Crippen LogP contribution < -0.4 is 10.2 Å². The van der Waals surface area contributed by atoms with E-state index >= 15 is 0 Å². The summed E-state index contributed by atoms with van der Waals surface area (Å²) in [6, 6.07) is 33.8. The van der Waals surface area contributed by atoms with Crippen LogP contribution in [0.5, 0.6) is 0 Å². The van der Waals surface area contributed by atoms with Crippen molar-refractivity contribution in [3.05, 3.63) is 168 Å². The first-order valence-corrected chi connectivity index (χ1v) is 25.9. The highest BCUT2D eigenvalue weighted by molar-refractivity contribution is 7.85. The molecule has 12 heteroatoms. The number of anilines is 1. The molecule has 2 N–H and O–H groups in total. The third-order valence-corrected chi connectivity index (χ3v) is 14.4. The Kier molecular flexibility index (Phi) is 15.1. The normalized spacial score (nSPS) is 16.0. The van der Waals surface area contributed by atoms with E-state index in [1.807, 2.05) is 24.3 Å². The van der Waals surface area contributed by atoms with Gasteiger partial charge in [0.25, 0.3) is 10.1 Å². The van der Waals surface area contributed by atoms with Crippen molar-refractivity contribution in [1.29, 1.82) is 0 Å². The SMILES string of the molecule is Cc1nnc(-c2ccc(CNC(=O)CCCCCCC[N+]3=C(C=CC=CC=CC=C4N(CCCCS(=O)(=O)O)c5ccc6ccccc6c5C4(C)C)C(C)(C)c4c3ccc3ccccc43)cc2)nn1. The van der Waals surface area contributed by atoms with E-state index in [1.54, 1.807) is 6.92 Å². The lowest BCUT2D eigenvalue weighted by Gasteiger charge is -2.27. The lowest BCUT2D eigenvalue weighted by Crippen LogP contribution is -2.28. The molecule has 0 atom stereocenters. The van der Waals surface area contributed by atoms with Gasteiger partial charge in [-0.2, -0.15) is 13.0 Å². The van der Waals surface area contributed by atoms with Gasteiger partial charge in [0.15, 0.2) is 11.5 Å². The van der Waals surface area contributed by atoms with Crippen LogP contribution in [0.1, 0.15) is 102 Å². The first kappa shape index (κ1) is 48.8. The maximum absolute atomic E-state index is 12.7. The number of fused-ring (bicyclic) bond motifs is 6. The first-order valence-electron chi connectivity index (χ1n) is 24.3. The molecule has 1 amide bonds. The van der Waals surface area contributed by atoms with Crippen LogP contribution in [0.25, 0.3) is 32.9 Å². The van der Waals surface area contributed by atoms with Crippen LogP contribution in [0, 0.1) is 6.92 Å². The number of carbonyl (C=O) groups excluding carboxylic acids is 1. The molecule has 0 spiro atoms. The highest BCUT2D eigenvalue weighted by Gasteiger charge is 2.45. The number of allylic oxidation sites excluding steroid dienone is 8. The van der Waals surface area contributed by atoms with Crippen molar-refractivity contribution in [2.45, 2.75) is 103 Å². The number of nitrogens with one attached hydrogen (secondary N) is 1. The molecule has 11 nitrogen and oxygen atoms in total. The topological polar surface area (TPSA) is 141 Å². The lowest BCUT2D eigenvalue weighted by molar-refractivity contribution is -0.438. The molecule has 2 aliphatic heterocycles. The smallest absolute Gasteiger partial charge is 0.264 e. The van der Waals surface area contributed by atoms with Crippen molar-refractivity contribution in [2.24, 2.45) is 0 Å². The van der Waals surface area contributed by atoms with E-state index in [-0.39, 0.29) is 22.5 Å². The fourth-order valence-electron chi connectivity index (χ4n) is 10.1. The van der Waals surface area contributed by atoms with Crippen LogP contribution in [-0.2, 0) is 32.3 Å². The van der Waals surface area contributed by atoms with Gasteiger partial charge in [-0.25, -0.2) is 0 Å². The fraction of sp³-hybridized carbons (Fsp3) is 0.333. The highest BCUT2D eigenvalue weighted by Crippen LogP contribution is 2.51. The molecular weight excluding hydrogens is 879 g/mol. The third kappa shape index (κ3) is 11.3. The second-order valence-corrected chi connectivity index (χ2v) is 20.8. The number of hydrogen-bond acceptors (Lipinski definition) is 8. The van der Waals surface area contributed by atoms with Crippen LogP contribution >= 0.6 is 0 Å². The molecule has 0 saturated carbocycles. The summed E-state index contributed by atoms with van der Waals surface area (Å²) in [5, 5.41) is 24.2. The molecule has 356 valence electrons.